The van der Waals surface area contributed by atoms with Crippen molar-refractivity contribution in [2.75, 3.05) is 31.7 Å². The average Bonchev–Trinajstić information content (AvgIpc) is 3.23. The van der Waals surface area contributed by atoms with Crippen LogP contribution in [0.3, 0.4) is 0 Å². The molecule has 7 heteroatoms. The second kappa shape index (κ2) is 8.98. The fraction of sp³-hybridized carbons (Fsp3) is 0.273. The number of hydrogen-bond acceptors (Lipinski definition) is 5. The molecule has 6 nitrogen and oxygen atoms in total. The summed E-state index contributed by atoms with van der Waals surface area (Å²) in [6.45, 7) is 1.92. The van der Waals surface area contributed by atoms with Crippen LogP contribution in [0.15, 0.2) is 54.9 Å². The first-order chi connectivity index (χ1) is 14.2. The molecule has 0 bridgehead atoms. The van der Waals surface area contributed by atoms with E-state index in [4.69, 9.17) is 14.2 Å². The SMILES string of the molecule is O=C(COC[C@@H]1CCOC1)Nc1ccc(Oc2cccc(F)c2)c2ccncc12. The standard InChI is InChI=1S/C22H21FN2O4/c23-16-2-1-3-17(10-16)29-21-5-4-20(19-11-24-8-6-18(19)21)25-22(26)14-28-13-15-7-9-27-12-15/h1-6,8,10-11,15H,7,9,12-14H2,(H,25,26)/t15-/m1/s1. The van der Waals surface area contributed by atoms with Gasteiger partial charge in [0.1, 0.15) is 23.9 Å². The van der Waals surface area contributed by atoms with E-state index in [-0.39, 0.29) is 18.3 Å². The summed E-state index contributed by atoms with van der Waals surface area (Å²) < 4.78 is 30.1. The first-order valence-electron chi connectivity index (χ1n) is 9.44. The first kappa shape index (κ1) is 19.3. The van der Waals surface area contributed by atoms with Crippen LogP contribution in [0.1, 0.15) is 6.42 Å². The minimum Gasteiger partial charge on any atom is -0.457 e. The summed E-state index contributed by atoms with van der Waals surface area (Å²) in [7, 11) is 0. The van der Waals surface area contributed by atoms with Gasteiger partial charge in [-0.25, -0.2) is 4.39 Å². The Kier molecular flexibility index (Phi) is 5.97. The molecule has 1 fully saturated rings. The molecule has 1 aromatic heterocycles. The van der Waals surface area contributed by atoms with Gasteiger partial charge in [0, 0.05) is 41.8 Å². The zero-order valence-corrected chi connectivity index (χ0v) is 15.8. The summed E-state index contributed by atoms with van der Waals surface area (Å²) in [6, 6.07) is 11.2. The van der Waals surface area contributed by atoms with Crippen LogP contribution >= 0.6 is 0 Å². The van der Waals surface area contributed by atoms with E-state index in [2.05, 4.69) is 10.3 Å². The third-order valence-corrected chi connectivity index (χ3v) is 4.69. The summed E-state index contributed by atoms with van der Waals surface area (Å²) >= 11 is 0. The molecule has 29 heavy (non-hydrogen) atoms. The number of halogens is 1. The second-order valence-corrected chi connectivity index (χ2v) is 6.88. The van der Waals surface area contributed by atoms with E-state index in [9.17, 15) is 9.18 Å². The number of carbonyl (C=O) groups excluding carboxylic acids is 1. The number of nitrogens with zero attached hydrogens (tertiary/aromatic N) is 1. The number of ether oxygens (including phenoxy) is 3. The van der Waals surface area contributed by atoms with Gasteiger partial charge < -0.3 is 19.5 Å². The van der Waals surface area contributed by atoms with E-state index in [1.807, 2.05) is 0 Å². The van der Waals surface area contributed by atoms with Gasteiger partial charge in [-0.2, -0.15) is 0 Å². The highest BCUT2D eigenvalue weighted by Crippen LogP contribution is 2.34. The molecule has 1 atom stereocenters. The second-order valence-electron chi connectivity index (χ2n) is 6.88. The summed E-state index contributed by atoms with van der Waals surface area (Å²) in [5, 5.41) is 4.34. The Morgan fingerprint density at radius 1 is 1.24 bits per heavy atom. The number of fused-ring (bicyclic) bond motifs is 1. The Morgan fingerprint density at radius 2 is 2.17 bits per heavy atom. The molecule has 1 saturated heterocycles. The maximum Gasteiger partial charge on any atom is 0.250 e. The van der Waals surface area contributed by atoms with Crippen molar-refractivity contribution in [1.82, 2.24) is 4.98 Å². The van der Waals surface area contributed by atoms with E-state index in [1.165, 1.54) is 12.1 Å². The van der Waals surface area contributed by atoms with Crippen molar-refractivity contribution in [2.24, 2.45) is 5.92 Å². The Hall–Kier alpha value is -3.03. The number of aromatic nitrogens is 1. The normalized spacial score (nSPS) is 16.1. The molecule has 1 N–H and O–H groups in total. The topological polar surface area (TPSA) is 69.7 Å². The predicted octanol–water partition coefficient (Wildman–Crippen LogP) is 4.16. The van der Waals surface area contributed by atoms with Crippen LogP contribution in [0, 0.1) is 11.7 Å². The van der Waals surface area contributed by atoms with Crippen molar-refractivity contribution >= 4 is 22.4 Å². The van der Waals surface area contributed by atoms with Crippen molar-refractivity contribution in [2.45, 2.75) is 6.42 Å². The highest BCUT2D eigenvalue weighted by atomic mass is 19.1. The van der Waals surface area contributed by atoms with Crippen LogP contribution in [0.4, 0.5) is 10.1 Å². The lowest BCUT2D eigenvalue weighted by Crippen LogP contribution is -2.21. The minimum atomic E-state index is -0.374. The lowest BCUT2D eigenvalue weighted by molar-refractivity contribution is -0.121. The van der Waals surface area contributed by atoms with Crippen LogP contribution < -0.4 is 10.1 Å². The van der Waals surface area contributed by atoms with Gasteiger partial charge in [0.05, 0.1) is 18.9 Å². The quantitative estimate of drug-likeness (QED) is 0.650. The van der Waals surface area contributed by atoms with E-state index in [1.54, 1.807) is 42.7 Å². The Balaban J connectivity index is 1.46. The number of carbonyl (C=O) groups is 1. The monoisotopic (exact) mass is 396 g/mol. The number of nitrogens with one attached hydrogen (secondary N) is 1. The molecule has 2 aromatic carbocycles. The number of anilines is 1. The molecule has 0 spiro atoms. The van der Waals surface area contributed by atoms with E-state index in [0.717, 1.165) is 23.8 Å². The van der Waals surface area contributed by atoms with Crippen molar-refractivity contribution in [3.05, 3.63) is 60.7 Å². The van der Waals surface area contributed by atoms with E-state index < -0.39 is 0 Å². The fourth-order valence-electron chi connectivity index (χ4n) is 3.24. The van der Waals surface area contributed by atoms with Crippen molar-refractivity contribution in [1.29, 1.82) is 0 Å². The van der Waals surface area contributed by atoms with Crippen LogP contribution in [-0.4, -0.2) is 37.3 Å². The molecule has 150 valence electrons. The zero-order valence-electron chi connectivity index (χ0n) is 15.8. The van der Waals surface area contributed by atoms with Crippen molar-refractivity contribution in [3.8, 4) is 11.5 Å². The van der Waals surface area contributed by atoms with Crippen LogP contribution in [0.25, 0.3) is 10.8 Å². The molecule has 4 rings (SSSR count). The van der Waals surface area contributed by atoms with Gasteiger partial charge in [0.2, 0.25) is 5.91 Å². The van der Waals surface area contributed by atoms with E-state index >= 15 is 0 Å². The summed E-state index contributed by atoms with van der Waals surface area (Å²) in [5.41, 5.74) is 0.609. The lowest BCUT2D eigenvalue weighted by Gasteiger charge is -2.13. The molecule has 0 aliphatic carbocycles. The van der Waals surface area contributed by atoms with Gasteiger partial charge in [0.25, 0.3) is 0 Å². The average molecular weight is 396 g/mol. The van der Waals surface area contributed by atoms with Gasteiger partial charge in [-0.1, -0.05) is 6.07 Å². The molecular formula is C22H21FN2O4. The highest BCUT2D eigenvalue weighted by Gasteiger charge is 2.16. The van der Waals surface area contributed by atoms with Crippen LogP contribution in [0.2, 0.25) is 0 Å². The maximum absolute atomic E-state index is 13.4. The van der Waals surface area contributed by atoms with Gasteiger partial charge in [-0.3, -0.25) is 9.78 Å². The molecule has 0 saturated carbocycles. The molecular weight excluding hydrogens is 375 g/mol. The number of rotatable bonds is 7. The summed E-state index contributed by atoms with van der Waals surface area (Å²) in [6.07, 6.45) is 4.25. The Bertz CT molecular complexity index is 1010. The molecule has 1 aliphatic rings. The van der Waals surface area contributed by atoms with E-state index in [0.29, 0.717) is 36.3 Å². The van der Waals surface area contributed by atoms with Crippen molar-refractivity contribution in [3.63, 3.8) is 0 Å². The van der Waals surface area contributed by atoms with Crippen molar-refractivity contribution < 1.29 is 23.4 Å². The predicted molar refractivity (Wildman–Crippen MR) is 107 cm³/mol. The largest absolute Gasteiger partial charge is 0.457 e. The molecule has 0 unspecified atom stereocenters. The number of hydrogen-bond donors (Lipinski definition) is 1. The molecule has 1 amide bonds. The number of amides is 1. The molecule has 3 aromatic rings. The third kappa shape index (κ3) is 4.88. The third-order valence-electron chi connectivity index (χ3n) is 4.69. The van der Waals surface area contributed by atoms with Gasteiger partial charge in [0.15, 0.2) is 0 Å². The molecule has 0 radical (unpaired) electrons. The molecule has 1 aliphatic heterocycles. The van der Waals surface area contributed by atoms with Gasteiger partial charge in [-0.05, 0) is 36.8 Å². The first-order valence-corrected chi connectivity index (χ1v) is 9.44. The van der Waals surface area contributed by atoms with Gasteiger partial charge >= 0.3 is 0 Å². The molecule has 2 heterocycles. The number of benzene rings is 2. The fourth-order valence-corrected chi connectivity index (χ4v) is 3.24. The smallest absolute Gasteiger partial charge is 0.250 e. The lowest BCUT2D eigenvalue weighted by atomic mass is 10.1. The zero-order chi connectivity index (χ0) is 20.1. The maximum atomic E-state index is 13.4. The number of pyridine rings is 1. The Labute approximate surface area is 167 Å². The van der Waals surface area contributed by atoms with Crippen LogP contribution in [0.5, 0.6) is 11.5 Å². The highest BCUT2D eigenvalue weighted by molar-refractivity contribution is 6.04. The summed E-state index contributed by atoms with van der Waals surface area (Å²) in [4.78, 5) is 16.4. The van der Waals surface area contributed by atoms with Gasteiger partial charge in [-0.15, -0.1) is 0 Å². The Morgan fingerprint density at radius 3 is 3.00 bits per heavy atom. The summed E-state index contributed by atoms with van der Waals surface area (Å²) in [5.74, 6) is 0.675. The minimum absolute atomic E-state index is 0.0280. The van der Waals surface area contributed by atoms with Crippen LogP contribution in [-0.2, 0) is 14.3 Å².